The van der Waals surface area contributed by atoms with Crippen LogP contribution in [0.3, 0.4) is 0 Å². The molecule has 0 aliphatic carbocycles. The standard InChI is InChI=1S/C9H7ClN2S.BrH/c10-7-3-1-6(2-4-7)8-5-13-9(11)12-8;/h1-5H,(H2,11,12);1H/p-1. The second kappa shape index (κ2) is 4.77. The minimum atomic E-state index is 0. The van der Waals surface area contributed by atoms with Crippen molar-refractivity contribution in [1.29, 1.82) is 0 Å². The average molecular weight is 291 g/mol. The molecule has 2 N–H and O–H groups in total. The third kappa shape index (κ3) is 2.47. The van der Waals surface area contributed by atoms with Gasteiger partial charge in [0.25, 0.3) is 0 Å². The number of benzene rings is 1. The van der Waals surface area contributed by atoms with Crippen molar-refractivity contribution in [3.05, 3.63) is 34.7 Å². The summed E-state index contributed by atoms with van der Waals surface area (Å²) in [5.41, 5.74) is 7.47. The highest BCUT2D eigenvalue weighted by atomic mass is 79.9. The molecule has 0 saturated carbocycles. The lowest BCUT2D eigenvalue weighted by Crippen LogP contribution is -3.00. The first-order chi connectivity index (χ1) is 6.25. The Bertz CT molecular complexity index is 413. The van der Waals surface area contributed by atoms with Gasteiger partial charge in [-0.3, -0.25) is 0 Å². The van der Waals surface area contributed by atoms with Gasteiger partial charge in [0.15, 0.2) is 5.13 Å². The molecule has 0 amide bonds. The van der Waals surface area contributed by atoms with Crippen molar-refractivity contribution in [3.63, 3.8) is 0 Å². The van der Waals surface area contributed by atoms with Crippen molar-refractivity contribution in [3.8, 4) is 11.3 Å². The lowest BCUT2D eigenvalue weighted by Gasteiger charge is -1.95. The van der Waals surface area contributed by atoms with E-state index in [1.165, 1.54) is 11.3 Å². The zero-order valence-corrected chi connectivity index (χ0v) is 10.2. The van der Waals surface area contributed by atoms with Gasteiger partial charge in [0.05, 0.1) is 5.69 Å². The number of nitrogen functional groups attached to an aromatic ring is 1. The number of halogens is 2. The van der Waals surface area contributed by atoms with Crippen molar-refractivity contribution in [1.82, 2.24) is 4.98 Å². The number of hydrogen-bond donors (Lipinski definition) is 1. The van der Waals surface area contributed by atoms with Crippen LogP contribution >= 0.6 is 22.9 Å². The van der Waals surface area contributed by atoms with Gasteiger partial charge in [-0.2, -0.15) is 0 Å². The number of rotatable bonds is 1. The lowest BCUT2D eigenvalue weighted by atomic mass is 10.2. The molecule has 1 aromatic carbocycles. The van der Waals surface area contributed by atoms with Crippen LogP contribution in [0, 0.1) is 0 Å². The minimum Gasteiger partial charge on any atom is -1.00 e. The summed E-state index contributed by atoms with van der Waals surface area (Å²) >= 11 is 7.20. The Morgan fingerprint density at radius 1 is 1.21 bits per heavy atom. The van der Waals surface area contributed by atoms with E-state index in [-0.39, 0.29) is 17.0 Å². The summed E-state index contributed by atoms with van der Waals surface area (Å²) in [6.45, 7) is 0. The molecular formula is C9H7BrClN2S-. The quantitative estimate of drug-likeness (QED) is 0.806. The Labute approximate surface area is 102 Å². The van der Waals surface area contributed by atoms with Crippen LogP contribution in [-0.4, -0.2) is 4.98 Å². The Hall–Kier alpha value is -0.580. The fourth-order valence-electron chi connectivity index (χ4n) is 1.04. The van der Waals surface area contributed by atoms with E-state index >= 15 is 0 Å². The summed E-state index contributed by atoms with van der Waals surface area (Å²) in [6, 6.07) is 7.53. The molecule has 0 radical (unpaired) electrons. The van der Waals surface area contributed by atoms with E-state index in [1.807, 2.05) is 29.6 Å². The highest BCUT2D eigenvalue weighted by Gasteiger charge is 2.01. The van der Waals surface area contributed by atoms with Crippen LogP contribution < -0.4 is 22.7 Å². The second-order valence-corrected chi connectivity index (χ2v) is 3.90. The molecular weight excluding hydrogens is 284 g/mol. The highest BCUT2D eigenvalue weighted by molar-refractivity contribution is 7.13. The summed E-state index contributed by atoms with van der Waals surface area (Å²) in [7, 11) is 0. The number of nitrogens with zero attached hydrogens (tertiary/aromatic N) is 1. The molecule has 0 saturated heterocycles. The van der Waals surface area contributed by atoms with Crippen molar-refractivity contribution >= 4 is 28.1 Å². The molecule has 0 unspecified atom stereocenters. The first kappa shape index (κ1) is 11.5. The van der Waals surface area contributed by atoms with E-state index in [0.29, 0.717) is 5.13 Å². The number of thiazole rings is 1. The fraction of sp³-hybridized carbons (Fsp3) is 0. The van der Waals surface area contributed by atoms with Gasteiger partial charge < -0.3 is 22.7 Å². The van der Waals surface area contributed by atoms with Gasteiger partial charge in [0, 0.05) is 16.0 Å². The monoisotopic (exact) mass is 289 g/mol. The van der Waals surface area contributed by atoms with Gasteiger partial charge in [-0.05, 0) is 12.1 Å². The molecule has 0 fully saturated rings. The summed E-state index contributed by atoms with van der Waals surface area (Å²) in [5.74, 6) is 0. The van der Waals surface area contributed by atoms with Crippen LogP contribution in [0.5, 0.6) is 0 Å². The Balaban J connectivity index is 0.000000980. The third-order valence-corrected chi connectivity index (χ3v) is 2.59. The van der Waals surface area contributed by atoms with Gasteiger partial charge in [0.2, 0.25) is 0 Å². The van der Waals surface area contributed by atoms with E-state index in [0.717, 1.165) is 16.3 Å². The van der Waals surface area contributed by atoms with Gasteiger partial charge in [-0.15, -0.1) is 11.3 Å². The van der Waals surface area contributed by atoms with Crippen molar-refractivity contribution in [2.24, 2.45) is 0 Å². The SMILES string of the molecule is Nc1nc(-c2ccc(Cl)cc2)cs1.[Br-]. The van der Waals surface area contributed by atoms with Gasteiger partial charge >= 0.3 is 0 Å². The van der Waals surface area contributed by atoms with E-state index in [1.54, 1.807) is 0 Å². The first-order valence-electron chi connectivity index (χ1n) is 3.72. The molecule has 1 heterocycles. The average Bonchev–Trinajstić information content (AvgIpc) is 2.53. The van der Waals surface area contributed by atoms with Crippen LogP contribution in [0.1, 0.15) is 0 Å². The van der Waals surface area contributed by atoms with Crippen molar-refractivity contribution in [2.75, 3.05) is 5.73 Å². The molecule has 2 aromatic rings. The Morgan fingerprint density at radius 2 is 1.86 bits per heavy atom. The number of nitrogens with two attached hydrogens (primary N) is 1. The molecule has 14 heavy (non-hydrogen) atoms. The molecule has 0 atom stereocenters. The molecule has 2 rings (SSSR count). The van der Waals surface area contributed by atoms with Gasteiger partial charge in [-0.25, -0.2) is 4.98 Å². The number of hydrogen-bond acceptors (Lipinski definition) is 3. The van der Waals surface area contributed by atoms with Gasteiger partial charge in [-0.1, -0.05) is 23.7 Å². The molecule has 74 valence electrons. The molecule has 5 heteroatoms. The molecule has 1 aromatic heterocycles. The first-order valence-corrected chi connectivity index (χ1v) is 4.98. The summed E-state index contributed by atoms with van der Waals surface area (Å²) in [6.07, 6.45) is 0. The maximum atomic E-state index is 5.76. The minimum absolute atomic E-state index is 0. The van der Waals surface area contributed by atoms with Crippen molar-refractivity contribution < 1.29 is 17.0 Å². The van der Waals surface area contributed by atoms with E-state index < -0.39 is 0 Å². The fourth-order valence-corrected chi connectivity index (χ4v) is 1.74. The summed E-state index contributed by atoms with van der Waals surface area (Å²) in [5, 5.41) is 3.25. The zero-order valence-electron chi connectivity index (χ0n) is 7.08. The Morgan fingerprint density at radius 3 is 2.36 bits per heavy atom. The van der Waals surface area contributed by atoms with E-state index in [4.69, 9.17) is 17.3 Å². The van der Waals surface area contributed by atoms with E-state index in [9.17, 15) is 0 Å². The van der Waals surface area contributed by atoms with Crippen LogP contribution in [0.4, 0.5) is 5.13 Å². The van der Waals surface area contributed by atoms with Crippen LogP contribution in [-0.2, 0) is 0 Å². The smallest absolute Gasteiger partial charge is 0.180 e. The third-order valence-electron chi connectivity index (χ3n) is 1.66. The summed E-state index contributed by atoms with van der Waals surface area (Å²) in [4.78, 5) is 4.16. The van der Waals surface area contributed by atoms with Crippen LogP contribution in [0.15, 0.2) is 29.6 Å². The zero-order chi connectivity index (χ0) is 9.26. The summed E-state index contributed by atoms with van der Waals surface area (Å²) < 4.78 is 0. The predicted molar refractivity (Wildman–Crippen MR) is 57.0 cm³/mol. The normalized spacial score (nSPS) is 9.50. The largest absolute Gasteiger partial charge is 1.00 e. The van der Waals surface area contributed by atoms with Gasteiger partial charge in [0.1, 0.15) is 0 Å². The van der Waals surface area contributed by atoms with E-state index in [2.05, 4.69) is 4.98 Å². The second-order valence-electron chi connectivity index (χ2n) is 2.58. The lowest BCUT2D eigenvalue weighted by molar-refractivity contribution is -0.00000252. The molecule has 0 bridgehead atoms. The van der Waals surface area contributed by atoms with Crippen molar-refractivity contribution in [2.45, 2.75) is 0 Å². The highest BCUT2D eigenvalue weighted by Crippen LogP contribution is 2.24. The van der Waals surface area contributed by atoms with Crippen LogP contribution in [0.2, 0.25) is 5.02 Å². The molecule has 0 spiro atoms. The Kier molecular flexibility index (Phi) is 3.92. The number of aromatic nitrogens is 1. The predicted octanol–water partition coefficient (Wildman–Crippen LogP) is 0.0497. The topological polar surface area (TPSA) is 38.9 Å². The molecule has 2 nitrogen and oxygen atoms in total. The maximum absolute atomic E-state index is 5.76. The van der Waals surface area contributed by atoms with Crippen LogP contribution in [0.25, 0.3) is 11.3 Å². The molecule has 0 aliphatic heterocycles. The number of anilines is 1. The maximum Gasteiger partial charge on any atom is 0.180 e. The molecule has 0 aliphatic rings.